The standard InChI is InChI=1S/C25H32N4O7S2/c1-36-25(31)19-5-4-16-29(18-19)38(34,35)23-10-6-20(7-11-23)26-17-24(30)27-21-8-12-22(13-9-21)37(32,33)28-14-2-3-15-28/h6-13,19,26H,2-5,14-18H2,1H3,(H,27,30)/t19-/m0/s1. The highest BCUT2D eigenvalue weighted by atomic mass is 32.2. The molecule has 38 heavy (non-hydrogen) atoms. The van der Waals surface area contributed by atoms with Crippen molar-refractivity contribution in [3.63, 3.8) is 0 Å². The van der Waals surface area contributed by atoms with Crippen LogP contribution in [0.4, 0.5) is 11.4 Å². The molecule has 0 bridgehead atoms. The minimum Gasteiger partial charge on any atom is -0.469 e. The van der Waals surface area contributed by atoms with Gasteiger partial charge in [-0.05, 0) is 74.2 Å². The third-order valence-corrected chi connectivity index (χ3v) is 10.5. The maximum absolute atomic E-state index is 13.0. The van der Waals surface area contributed by atoms with Crippen LogP contribution in [0.5, 0.6) is 0 Å². The monoisotopic (exact) mass is 564 g/mol. The Hall–Kier alpha value is -3.00. The predicted molar refractivity (Wildman–Crippen MR) is 141 cm³/mol. The van der Waals surface area contributed by atoms with Gasteiger partial charge in [-0.1, -0.05) is 0 Å². The summed E-state index contributed by atoms with van der Waals surface area (Å²) in [6.07, 6.45) is 2.87. The van der Waals surface area contributed by atoms with Crippen molar-refractivity contribution in [2.75, 3.05) is 50.5 Å². The first-order chi connectivity index (χ1) is 18.1. The van der Waals surface area contributed by atoms with E-state index in [0.717, 1.165) is 12.8 Å². The molecule has 2 fully saturated rings. The second-order valence-electron chi connectivity index (χ2n) is 9.29. The third kappa shape index (κ3) is 6.34. The molecule has 2 heterocycles. The molecule has 0 unspecified atom stereocenters. The van der Waals surface area contributed by atoms with E-state index in [1.165, 1.54) is 40.0 Å². The van der Waals surface area contributed by atoms with Gasteiger partial charge < -0.3 is 15.4 Å². The molecule has 0 saturated carbocycles. The number of rotatable bonds is 9. The van der Waals surface area contributed by atoms with Gasteiger partial charge in [0.25, 0.3) is 0 Å². The van der Waals surface area contributed by atoms with Crippen LogP contribution in [-0.4, -0.2) is 77.2 Å². The van der Waals surface area contributed by atoms with E-state index < -0.39 is 31.9 Å². The molecule has 2 N–H and O–H groups in total. The van der Waals surface area contributed by atoms with Gasteiger partial charge in [-0.2, -0.15) is 8.61 Å². The fraction of sp³-hybridized carbons (Fsp3) is 0.440. The summed E-state index contributed by atoms with van der Waals surface area (Å²) >= 11 is 0. The summed E-state index contributed by atoms with van der Waals surface area (Å²) in [5.41, 5.74) is 1.02. The number of hydrogen-bond acceptors (Lipinski definition) is 8. The number of amides is 1. The summed E-state index contributed by atoms with van der Waals surface area (Å²) in [5, 5.41) is 5.65. The number of benzene rings is 2. The lowest BCUT2D eigenvalue weighted by Gasteiger charge is -2.30. The summed E-state index contributed by atoms with van der Waals surface area (Å²) < 4.78 is 58.9. The summed E-state index contributed by atoms with van der Waals surface area (Å²) in [6.45, 7) is 1.38. The van der Waals surface area contributed by atoms with Gasteiger partial charge in [-0.3, -0.25) is 9.59 Å². The SMILES string of the molecule is COC(=O)[C@H]1CCCN(S(=O)(=O)c2ccc(NCC(=O)Nc3ccc(S(=O)(=O)N4CCCC4)cc3)cc2)C1. The molecule has 0 radical (unpaired) electrons. The van der Waals surface area contributed by atoms with Crippen LogP contribution < -0.4 is 10.6 Å². The summed E-state index contributed by atoms with van der Waals surface area (Å²) in [7, 11) is -6.00. The molecule has 13 heteroatoms. The van der Waals surface area contributed by atoms with Crippen LogP contribution in [0.1, 0.15) is 25.7 Å². The minimum atomic E-state index is -3.77. The average Bonchev–Trinajstić information content (AvgIpc) is 3.48. The zero-order chi connectivity index (χ0) is 27.3. The van der Waals surface area contributed by atoms with Crippen LogP contribution >= 0.6 is 0 Å². The molecule has 1 atom stereocenters. The number of methoxy groups -OCH3 is 1. The van der Waals surface area contributed by atoms with Crippen LogP contribution in [0, 0.1) is 5.92 Å². The topological polar surface area (TPSA) is 142 Å². The molecule has 0 aliphatic carbocycles. The van der Waals surface area contributed by atoms with Gasteiger partial charge in [0.2, 0.25) is 26.0 Å². The molecule has 2 aromatic carbocycles. The molecule has 0 aromatic heterocycles. The normalized spacial score (nSPS) is 19.1. The first-order valence-corrected chi connectivity index (χ1v) is 15.3. The van der Waals surface area contributed by atoms with Crippen LogP contribution in [0.2, 0.25) is 0 Å². The number of sulfonamides is 2. The van der Waals surface area contributed by atoms with Crippen molar-refractivity contribution in [2.45, 2.75) is 35.5 Å². The lowest BCUT2D eigenvalue weighted by atomic mass is 10.0. The maximum atomic E-state index is 13.0. The molecular formula is C25H32N4O7S2. The molecule has 4 rings (SSSR count). The van der Waals surface area contributed by atoms with Gasteiger partial charge in [0.1, 0.15) is 0 Å². The van der Waals surface area contributed by atoms with Crippen LogP contribution in [0.3, 0.4) is 0 Å². The molecule has 2 aromatic rings. The lowest BCUT2D eigenvalue weighted by molar-refractivity contribution is -0.146. The second-order valence-corrected chi connectivity index (χ2v) is 13.2. The number of esters is 1. The van der Waals surface area contributed by atoms with Gasteiger partial charge in [0, 0.05) is 37.6 Å². The maximum Gasteiger partial charge on any atom is 0.309 e. The van der Waals surface area contributed by atoms with E-state index >= 15 is 0 Å². The highest BCUT2D eigenvalue weighted by Gasteiger charge is 2.33. The Balaban J connectivity index is 1.30. The highest BCUT2D eigenvalue weighted by molar-refractivity contribution is 7.89. The fourth-order valence-corrected chi connectivity index (χ4v) is 7.63. The number of anilines is 2. The largest absolute Gasteiger partial charge is 0.469 e. The number of piperidine rings is 1. The van der Waals surface area contributed by atoms with Crippen molar-refractivity contribution in [1.82, 2.24) is 8.61 Å². The number of nitrogens with one attached hydrogen (secondary N) is 2. The van der Waals surface area contributed by atoms with Crippen molar-refractivity contribution < 1.29 is 31.2 Å². The van der Waals surface area contributed by atoms with Crippen LogP contribution in [-0.2, 0) is 34.4 Å². The Morgan fingerprint density at radius 1 is 0.816 bits per heavy atom. The number of nitrogens with zero attached hydrogens (tertiary/aromatic N) is 2. The average molecular weight is 565 g/mol. The molecule has 1 amide bonds. The molecule has 11 nitrogen and oxygen atoms in total. The molecule has 2 saturated heterocycles. The predicted octanol–water partition coefficient (Wildman–Crippen LogP) is 2.10. The first-order valence-electron chi connectivity index (χ1n) is 12.4. The van der Waals surface area contributed by atoms with Crippen molar-refractivity contribution in [3.05, 3.63) is 48.5 Å². The van der Waals surface area contributed by atoms with Gasteiger partial charge in [-0.15, -0.1) is 0 Å². The molecular weight excluding hydrogens is 532 g/mol. The van der Waals surface area contributed by atoms with E-state index in [1.807, 2.05) is 0 Å². The number of carbonyl (C=O) groups is 2. The van der Waals surface area contributed by atoms with Crippen molar-refractivity contribution >= 4 is 43.3 Å². The van der Waals surface area contributed by atoms with Crippen molar-refractivity contribution in [2.24, 2.45) is 5.92 Å². The zero-order valence-corrected chi connectivity index (χ0v) is 22.8. The Morgan fingerprint density at radius 3 is 1.92 bits per heavy atom. The Kier molecular flexibility index (Phi) is 8.71. The van der Waals surface area contributed by atoms with Crippen molar-refractivity contribution in [3.8, 4) is 0 Å². The smallest absolute Gasteiger partial charge is 0.309 e. The summed E-state index contributed by atoms with van der Waals surface area (Å²) in [6, 6.07) is 12.1. The van der Waals surface area contributed by atoms with E-state index in [9.17, 15) is 26.4 Å². The minimum absolute atomic E-state index is 0.0765. The van der Waals surface area contributed by atoms with Crippen molar-refractivity contribution in [1.29, 1.82) is 0 Å². The second kappa shape index (κ2) is 11.8. The number of hydrogen-bond donors (Lipinski definition) is 2. The van der Waals surface area contributed by atoms with Crippen LogP contribution in [0.15, 0.2) is 58.3 Å². The number of ether oxygens (including phenoxy) is 1. The van der Waals surface area contributed by atoms with Gasteiger partial charge in [-0.25, -0.2) is 16.8 Å². The molecule has 0 spiro atoms. The van der Waals surface area contributed by atoms with E-state index in [0.29, 0.717) is 43.9 Å². The Bertz CT molecular complexity index is 1360. The van der Waals surface area contributed by atoms with Gasteiger partial charge in [0.05, 0.1) is 29.4 Å². The Morgan fingerprint density at radius 2 is 1.34 bits per heavy atom. The fourth-order valence-electron chi connectivity index (χ4n) is 4.59. The zero-order valence-electron chi connectivity index (χ0n) is 21.1. The number of carbonyl (C=O) groups excluding carboxylic acids is 2. The molecule has 2 aliphatic heterocycles. The Labute approximate surface area is 223 Å². The van der Waals surface area contributed by atoms with E-state index in [1.54, 1.807) is 24.3 Å². The quantitative estimate of drug-likeness (QED) is 0.441. The van der Waals surface area contributed by atoms with E-state index in [4.69, 9.17) is 4.74 Å². The lowest BCUT2D eigenvalue weighted by Crippen LogP contribution is -2.42. The highest BCUT2D eigenvalue weighted by Crippen LogP contribution is 2.26. The summed E-state index contributed by atoms with van der Waals surface area (Å²) in [5.74, 6) is -1.24. The van der Waals surface area contributed by atoms with Gasteiger partial charge >= 0.3 is 5.97 Å². The van der Waals surface area contributed by atoms with E-state index in [2.05, 4.69) is 10.6 Å². The van der Waals surface area contributed by atoms with E-state index in [-0.39, 0.29) is 28.8 Å². The van der Waals surface area contributed by atoms with Gasteiger partial charge in [0.15, 0.2) is 0 Å². The molecule has 206 valence electrons. The first kappa shape index (κ1) is 28.0. The van der Waals surface area contributed by atoms with Crippen LogP contribution in [0.25, 0.3) is 0 Å². The third-order valence-electron chi connectivity index (χ3n) is 6.70. The summed E-state index contributed by atoms with van der Waals surface area (Å²) in [4.78, 5) is 24.5. The molecule has 2 aliphatic rings.